The molecular formula is C14H16N2. The zero-order chi connectivity index (χ0) is 11.4. The lowest BCUT2D eigenvalue weighted by Gasteiger charge is -2.06. The monoisotopic (exact) mass is 212 g/mol. The first-order valence-electron chi connectivity index (χ1n) is 5.41. The highest BCUT2D eigenvalue weighted by atomic mass is 14.8. The lowest BCUT2D eigenvalue weighted by Crippen LogP contribution is -2.32. The molecule has 0 heterocycles. The fourth-order valence-corrected chi connectivity index (χ4v) is 1.74. The fraction of sp³-hybridized carbons (Fsp3) is 0.143. The van der Waals surface area contributed by atoms with E-state index in [2.05, 4.69) is 36.4 Å². The second kappa shape index (κ2) is 4.92. The molecule has 82 valence electrons. The SMILES string of the molecule is NC(N)Cc1ccc(-c2ccccc2)cc1. The minimum Gasteiger partial charge on any atom is -0.316 e. The van der Waals surface area contributed by atoms with Crippen LogP contribution in [0.1, 0.15) is 5.56 Å². The van der Waals surface area contributed by atoms with Crippen molar-refractivity contribution < 1.29 is 0 Å². The average Bonchev–Trinajstić information content (AvgIpc) is 2.30. The molecule has 0 radical (unpaired) electrons. The molecule has 0 aliphatic rings. The second-order valence-corrected chi connectivity index (χ2v) is 3.93. The van der Waals surface area contributed by atoms with Crippen molar-refractivity contribution in [3.63, 3.8) is 0 Å². The quantitative estimate of drug-likeness (QED) is 0.766. The van der Waals surface area contributed by atoms with E-state index in [-0.39, 0.29) is 6.17 Å². The van der Waals surface area contributed by atoms with Crippen LogP contribution in [-0.2, 0) is 6.42 Å². The van der Waals surface area contributed by atoms with Gasteiger partial charge in [0.15, 0.2) is 0 Å². The van der Waals surface area contributed by atoms with Gasteiger partial charge in [0.2, 0.25) is 0 Å². The Bertz CT molecular complexity index is 432. The highest BCUT2D eigenvalue weighted by Crippen LogP contribution is 2.19. The minimum absolute atomic E-state index is 0.275. The highest BCUT2D eigenvalue weighted by molar-refractivity contribution is 5.63. The molecule has 4 N–H and O–H groups in total. The summed E-state index contributed by atoms with van der Waals surface area (Å²) in [6.07, 6.45) is 0.442. The summed E-state index contributed by atoms with van der Waals surface area (Å²) in [6.45, 7) is 0. The van der Waals surface area contributed by atoms with Crippen LogP contribution in [0.2, 0.25) is 0 Å². The third kappa shape index (κ3) is 2.69. The molecule has 0 bridgehead atoms. The smallest absolute Gasteiger partial charge is 0.0562 e. The predicted octanol–water partition coefficient (Wildman–Crippen LogP) is 2.14. The summed E-state index contributed by atoms with van der Waals surface area (Å²) in [5.41, 5.74) is 14.7. The van der Waals surface area contributed by atoms with E-state index in [0.717, 1.165) is 6.42 Å². The van der Waals surface area contributed by atoms with Crippen LogP contribution < -0.4 is 11.5 Å². The Balaban J connectivity index is 2.20. The molecule has 0 spiro atoms. The Morgan fingerprint density at radius 1 is 0.750 bits per heavy atom. The Kier molecular flexibility index (Phi) is 3.34. The molecule has 2 aromatic rings. The third-order valence-electron chi connectivity index (χ3n) is 2.53. The van der Waals surface area contributed by atoms with E-state index >= 15 is 0 Å². The van der Waals surface area contributed by atoms with Crippen molar-refractivity contribution in [2.24, 2.45) is 11.5 Å². The number of hydrogen-bond acceptors (Lipinski definition) is 2. The van der Waals surface area contributed by atoms with E-state index in [1.807, 2.05) is 18.2 Å². The Morgan fingerprint density at radius 2 is 1.31 bits per heavy atom. The molecule has 0 atom stereocenters. The number of hydrogen-bond donors (Lipinski definition) is 2. The molecular weight excluding hydrogens is 196 g/mol. The van der Waals surface area contributed by atoms with Gasteiger partial charge in [0.05, 0.1) is 6.17 Å². The molecule has 2 aromatic carbocycles. The molecule has 0 unspecified atom stereocenters. The van der Waals surface area contributed by atoms with Crippen molar-refractivity contribution in [3.8, 4) is 11.1 Å². The van der Waals surface area contributed by atoms with Crippen LogP contribution in [-0.4, -0.2) is 6.17 Å². The Morgan fingerprint density at radius 3 is 1.88 bits per heavy atom. The van der Waals surface area contributed by atoms with Crippen molar-refractivity contribution >= 4 is 0 Å². The summed E-state index contributed by atoms with van der Waals surface area (Å²) in [7, 11) is 0. The van der Waals surface area contributed by atoms with E-state index in [4.69, 9.17) is 11.5 Å². The zero-order valence-electron chi connectivity index (χ0n) is 9.14. The van der Waals surface area contributed by atoms with Crippen molar-refractivity contribution in [3.05, 3.63) is 60.2 Å². The molecule has 2 rings (SSSR count). The summed E-state index contributed by atoms with van der Waals surface area (Å²) >= 11 is 0. The topological polar surface area (TPSA) is 52.0 Å². The molecule has 2 heteroatoms. The van der Waals surface area contributed by atoms with Gasteiger partial charge in [-0.1, -0.05) is 54.6 Å². The minimum atomic E-state index is -0.275. The lowest BCUT2D eigenvalue weighted by molar-refractivity contribution is 0.703. The maximum absolute atomic E-state index is 5.55. The summed E-state index contributed by atoms with van der Waals surface area (Å²) in [5.74, 6) is 0. The van der Waals surface area contributed by atoms with E-state index in [0.29, 0.717) is 0 Å². The Hall–Kier alpha value is -1.64. The van der Waals surface area contributed by atoms with Crippen LogP contribution in [0.3, 0.4) is 0 Å². The predicted molar refractivity (Wildman–Crippen MR) is 67.7 cm³/mol. The summed E-state index contributed by atoms with van der Waals surface area (Å²) in [6, 6.07) is 18.7. The van der Waals surface area contributed by atoms with Gasteiger partial charge < -0.3 is 11.5 Å². The van der Waals surface area contributed by atoms with Gasteiger partial charge >= 0.3 is 0 Å². The number of benzene rings is 2. The molecule has 0 saturated heterocycles. The van der Waals surface area contributed by atoms with E-state index in [1.165, 1.54) is 16.7 Å². The average molecular weight is 212 g/mol. The van der Waals surface area contributed by atoms with Crippen molar-refractivity contribution in [2.75, 3.05) is 0 Å². The second-order valence-electron chi connectivity index (χ2n) is 3.93. The van der Waals surface area contributed by atoms with E-state index in [9.17, 15) is 0 Å². The first-order valence-corrected chi connectivity index (χ1v) is 5.41. The van der Waals surface area contributed by atoms with Crippen molar-refractivity contribution in [1.29, 1.82) is 0 Å². The molecule has 16 heavy (non-hydrogen) atoms. The van der Waals surface area contributed by atoms with E-state index in [1.54, 1.807) is 0 Å². The third-order valence-corrected chi connectivity index (χ3v) is 2.53. The van der Waals surface area contributed by atoms with Gasteiger partial charge in [-0.3, -0.25) is 0 Å². The van der Waals surface area contributed by atoms with Crippen LogP contribution in [0, 0.1) is 0 Å². The van der Waals surface area contributed by atoms with Crippen molar-refractivity contribution in [2.45, 2.75) is 12.6 Å². The standard InChI is InChI=1S/C14H16N2/c15-14(16)10-11-6-8-13(9-7-11)12-4-2-1-3-5-12/h1-9,14H,10,15-16H2. The van der Waals surface area contributed by atoms with Gasteiger partial charge in [-0.15, -0.1) is 0 Å². The molecule has 2 nitrogen and oxygen atoms in total. The van der Waals surface area contributed by atoms with Crippen molar-refractivity contribution in [1.82, 2.24) is 0 Å². The maximum atomic E-state index is 5.55. The van der Waals surface area contributed by atoms with Crippen LogP contribution in [0.15, 0.2) is 54.6 Å². The van der Waals surface area contributed by atoms with Crippen LogP contribution in [0.4, 0.5) is 0 Å². The molecule has 0 fully saturated rings. The maximum Gasteiger partial charge on any atom is 0.0562 e. The number of rotatable bonds is 3. The normalized spacial score (nSPS) is 10.7. The highest BCUT2D eigenvalue weighted by Gasteiger charge is 1.99. The first kappa shape index (κ1) is 10.9. The van der Waals surface area contributed by atoms with E-state index < -0.39 is 0 Å². The molecule has 0 aliphatic heterocycles. The van der Waals surface area contributed by atoms with Gasteiger partial charge in [0.1, 0.15) is 0 Å². The molecule has 0 amide bonds. The van der Waals surface area contributed by atoms with Crippen LogP contribution >= 0.6 is 0 Å². The molecule has 0 aromatic heterocycles. The van der Waals surface area contributed by atoms with Gasteiger partial charge in [0, 0.05) is 6.42 Å². The van der Waals surface area contributed by atoms with Crippen LogP contribution in [0.5, 0.6) is 0 Å². The summed E-state index contributed by atoms with van der Waals surface area (Å²) < 4.78 is 0. The Labute approximate surface area is 95.9 Å². The van der Waals surface area contributed by atoms with Gasteiger partial charge in [-0.2, -0.15) is 0 Å². The first-order chi connectivity index (χ1) is 7.75. The molecule has 0 aliphatic carbocycles. The van der Waals surface area contributed by atoms with Gasteiger partial charge in [-0.25, -0.2) is 0 Å². The van der Waals surface area contributed by atoms with Crippen LogP contribution in [0.25, 0.3) is 11.1 Å². The number of nitrogens with two attached hydrogens (primary N) is 2. The molecule has 0 saturated carbocycles. The largest absolute Gasteiger partial charge is 0.316 e. The lowest BCUT2D eigenvalue weighted by atomic mass is 10.0. The van der Waals surface area contributed by atoms with Gasteiger partial charge in [-0.05, 0) is 16.7 Å². The summed E-state index contributed by atoms with van der Waals surface area (Å²) in [5, 5.41) is 0. The fourth-order valence-electron chi connectivity index (χ4n) is 1.74. The van der Waals surface area contributed by atoms with Gasteiger partial charge in [0.25, 0.3) is 0 Å². The zero-order valence-corrected chi connectivity index (χ0v) is 9.14. The summed E-state index contributed by atoms with van der Waals surface area (Å²) in [4.78, 5) is 0.